The Morgan fingerprint density at radius 2 is 2.14 bits per heavy atom. The summed E-state index contributed by atoms with van der Waals surface area (Å²) in [5.41, 5.74) is 6.80. The highest BCUT2D eigenvalue weighted by molar-refractivity contribution is 8.14. The topological polar surface area (TPSA) is 47.6 Å². The van der Waals surface area contributed by atoms with Gasteiger partial charge in [-0.2, -0.15) is 0 Å². The quantitative estimate of drug-likeness (QED) is 0.806. The minimum Gasteiger partial charge on any atom is -0.497 e. The van der Waals surface area contributed by atoms with Crippen LogP contribution >= 0.6 is 11.8 Å². The van der Waals surface area contributed by atoms with Crippen molar-refractivity contribution in [2.45, 2.75) is 6.04 Å². The fraction of sp³-hybridized carbons (Fsp3) is 0.300. The van der Waals surface area contributed by atoms with Gasteiger partial charge in [0, 0.05) is 5.75 Å². The van der Waals surface area contributed by atoms with E-state index in [0.717, 1.165) is 11.5 Å². The number of nitrogens with zero attached hydrogens (tertiary/aromatic N) is 1. The summed E-state index contributed by atoms with van der Waals surface area (Å²) in [7, 11) is 1.66. The number of rotatable bonds is 2. The van der Waals surface area contributed by atoms with Crippen LogP contribution in [-0.2, 0) is 0 Å². The van der Waals surface area contributed by atoms with Crippen molar-refractivity contribution in [3.8, 4) is 5.75 Å². The average Bonchev–Trinajstić information content (AvgIpc) is 2.65. The lowest BCUT2D eigenvalue weighted by Gasteiger charge is -2.06. The van der Waals surface area contributed by atoms with Gasteiger partial charge in [-0.1, -0.05) is 23.9 Å². The Balaban J connectivity index is 2.17. The van der Waals surface area contributed by atoms with Crippen LogP contribution in [0.2, 0.25) is 0 Å². The maximum atomic E-state index is 5.61. The van der Waals surface area contributed by atoms with Gasteiger partial charge >= 0.3 is 0 Å². The summed E-state index contributed by atoms with van der Waals surface area (Å²) < 4.78 is 5.09. The molecule has 0 bridgehead atoms. The second-order valence-electron chi connectivity index (χ2n) is 3.07. The Hall–Kier alpha value is -1.16. The molecule has 0 aromatic heterocycles. The third kappa shape index (κ3) is 1.85. The normalized spacial score (nSPS) is 20.6. The Morgan fingerprint density at radius 3 is 2.64 bits per heavy atom. The fourth-order valence-corrected chi connectivity index (χ4v) is 2.19. The lowest BCUT2D eigenvalue weighted by atomic mass is 10.1. The van der Waals surface area contributed by atoms with E-state index in [2.05, 4.69) is 4.99 Å². The molecule has 1 aromatic rings. The molecule has 0 aliphatic carbocycles. The van der Waals surface area contributed by atoms with Crippen molar-refractivity contribution in [1.82, 2.24) is 0 Å². The average molecular weight is 208 g/mol. The van der Waals surface area contributed by atoms with Crippen LogP contribution in [0.3, 0.4) is 0 Å². The number of ether oxygens (including phenoxy) is 1. The summed E-state index contributed by atoms with van der Waals surface area (Å²) in [6, 6.07) is 8.18. The molecule has 0 fully saturated rings. The van der Waals surface area contributed by atoms with Gasteiger partial charge in [-0.25, -0.2) is 0 Å². The monoisotopic (exact) mass is 208 g/mol. The van der Waals surface area contributed by atoms with E-state index in [0.29, 0.717) is 5.17 Å². The minimum atomic E-state index is 0.214. The fourth-order valence-electron chi connectivity index (χ4n) is 1.39. The molecule has 4 heteroatoms. The van der Waals surface area contributed by atoms with Gasteiger partial charge in [0.1, 0.15) is 5.75 Å². The summed E-state index contributed by atoms with van der Waals surface area (Å²) in [5.74, 6) is 1.81. The van der Waals surface area contributed by atoms with E-state index in [9.17, 15) is 0 Å². The van der Waals surface area contributed by atoms with Crippen LogP contribution < -0.4 is 10.5 Å². The molecule has 1 aromatic carbocycles. The van der Waals surface area contributed by atoms with Crippen LogP contribution in [0.4, 0.5) is 0 Å². The first-order valence-electron chi connectivity index (χ1n) is 4.39. The molecule has 0 saturated carbocycles. The number of amidine groups is 1. The van der Waals surface area contributed by atoms with E-state index in [1.54, 1.807) is 18.9 Å². The minimum absolute atomic E-state index is 0.214. The highest BCUT2D eigenvalue weighted by Crippen LogP contribution is 2.29. The van der Waals surface area contributed by atoms with Crippen LogP contribution in [-0.4, -0.2) is 18.0 Å². The molecule has 14 heavy (non-hydrogen) atoms. The lowest BCUT2D eigenvalue weighted by Crippen LogP contribution is -2.01. The summed E-state index contributed by atoms with van der Waals surface area (Å²) in [5, 5.41) is 0.686. The molecule has 1 aliphatic heterocycles. The Morgan fingerprint density at radius 1 is 1.43 bits per heavy atom. The van der Waals surface area contributed by atoms with Gasteiger partial charge in [0.2, 0.25) is 0 Å². The van der Waals surface area contributed by atoms with E-state index in [4.69, 9.17) is 10.5 Å². The number of thioether (sulfide) groups is 1. The molecule has 1 atom stereocenters. The third-order valence-corrected chi connectivity index (χ3v) is 3.06. The van der Waals surface area contributed by atoms with Gasteiger partial charge in [0.25, 0.3) is 0 Å². The number of aliphatic imine (C=N–C) groups is 1. The van der Waals surface area contributed by atoms with E-state index in [-0.39, 0.29) is 6.04 Å². The zero-order chi connectivity index (χ0) is 9.97. The molecule has 2 N–H and O–H groups in total. The first-order valence-corrected chi connectivity index (χ1v) is 5.38. The Labute approximate surface area is 87.4 Å². The zero-order valence-electron chi connectivity index (χ0n) is 7.93. The SMILES string of the molecule is COc1ccc([C@@H]2CSC(N)=N2)cc1. The van der Waals surface area contributed by atoms with E-state index in [1.807, 2.05) is 24.3 Å². The maximum absolute atomic E-state index is 5.61. The predicted octanol–water partition coefficient (Wildman–Crippen LogP) is 1.80. The standard InChI is InChI=1S/C10H12N2OS/c1-13-8-4-2-7(3-5-8)9-6-14-10(11)12-9/h2-5,9H,6H2,1H3,(H2,11,12)/t9-/m0/s1. The number of hydrogen-bond donors (Lipinski definition) is 1. The molecule has 2 rings (SSSR count). The van der Waals surface area contributed by atoms with Gasteiger partial charge in [0.05, 0.1) is 13.2 Å². The Kier molecular flexibility index (Phi) is 2.63. The first-order chi connectivity index (χ1) is 6.79. The predicted molar refractivity (Wildman–Crippen MR) is 59.8 cm³/mol. The van der Waals surface area contributed by atoms with E-state index < -0.39 is 0 Å². The van der Waals surface area contributed by atoms with Crippen molar-refractivity contribution >= 4 is 16.9 Å². The molecular weight excluding hydrogens is 196 g/mol. The van der Waals surface area contributed by atoms with Crippen LogP contribution in [0.5, 0.6) is 5.75 Å². The highest BCUT2D eigenvalue weighted by atomic mass is 32.2. The summed E-state index contributed by atoms with van der Waals surface area (Å²) >= 11 is 1.61. The molecule has 0 saturated heterocycles. The molecule has 74 valence electrons. The van der Waals surface area contributed by atoms with Gasteiger partial charge in [-0.3, -0.25) is 4.99 Å². The third-order valence-electron chi connectivity index (χ3n) is 2.17. The Bertz CT molecular complexity index is 348. The first kappa shape index (κ1) is 9.40. The second kappa shape index (κ2) is 3.92. The van der Waals surface area contributed by atoms with Crippen LogP contribution in [0.1, 0.15) is 11.6 Å². The molecule has 0 unspecified atom stereocenters. The van der Waals surface area contributed by atoms with Crippen molar-refractivity contribution in [2.75, 3.05) is 12.9 Å². The number of methoxy groups -OCH3 is 1. The molecule has 1 heterocycles. The van der Waals surface area contributed by atoms with E-state index in [1.165, 1.54) is 5.56 Å². The molecule has 0 radical (unpaired) electrons. The molecule has 1 aliphatic rings. The molecular formula is C10H12N2OS. The molecule has 0 amide bonds. The summed E-state index contributed by atoms with van der Waals surface area (Å²) in [6.07, 6.45) is 0. The number of hydrogen-bond acceptors (Lipinski definition) is 4. The summed E-state index contributed by atoms with van der Waals surface area (Å²) in [6.45, 7) is 0. The van der Waals surface area contributed by atoms with Crippen molar-refractivity contribution in [1.29, 1.82) is 0 Å². The number of nitrogens with two attached hydrogens (primary N) is 1. The van der Waals surface area contributed by atoms with Gasteiger partial charge in [-0.15, -0.1) is 0 Å². The van der Waals surface area contributed by atoms with Crippen LogP contribution in [0.15, 0.2) is 29.3 Å². The molecule has 0 spiro atoms. The van der Waals surface area contributed by atoms with Crippen molar-refractivity contribution in [3.63, 3.8) is 0 Å². The maximum Gasteiger partial charge on any atom is 0.154 e. The van der Waals surface area contributed by atoms with Crippen LogP contribution in [0.25, 0.3) is 0 Å². The largest absolute Gasteiger partial charge is 0.497 e. The van der Waals surface area contributed by atoms with Gasteiger partial charge < -0.3 is 10.5 Å². The number of benzene rings is 1. The van der Waals surface area contributed by atoms with Gasteiger partial charge in [-0.05, 0) is 17.7 Å². The van der Waals surface area contributed by atoms with Crippen molar-refractivity contribution in [3.05, 3.63) is 29.8 Å². The van der Waals surface area contributed by atoms with Crippen LogP contribution in [0, 0.1) is 0 Å². The second-order valence-corrected chi connectivity index (χ2v) is 4.11. The zero-order valence-corrected chi connectivity index (χ0v) is 8.75. The van der Waals surface area contributed by atoms with Crippen molar-refractivity contribution in [2.24, 2.45) is 10.7 Å². The highest BCUT2D eigenvalue weighted by Gasteiger charge is 2.17. The van der Waals surface area contributed by atoms with E-state index >= 15 is 0 Å². The smallest absolute Gasteiger partial charge is 0.154 e. The lowest BCUT2D eigenvalue weighted by molar-refractivity contribution is 0.414. The van der Waals surface area contributed by atoms with Gasteiger partial charge in [0.15, 0.2) is 5.17 Å². The molecule has 3 nitrogen and oxygen atoms in total. The summed E-state index contributed by atoms with van der Waals surface area (Å²) in [4.78, 5) is 4.33. The van der Waals surface area contributed by atoms with Crippen molar-refractivity contribution < 1.29 is 4.74 Å².